The fourth-order valence-electron chi connectivity index (χ4n) is 1.93. The largest absolute Gasteiger partial charge is 0.355 e. The van der Waals surface area contributed by atoms with Crippen molar-refractivity contribution in [2.24, 2.45) is 0 Å². The first-order valence-corrected chi connectivity index (χ1v) is 8.99. The van der Waals surface area contributed by atoms with Gasteiger partial charge in [0.2, 0.25) is 5.91 Å². The lowest BCUT2D eigenvalue weighted by atomic mass is 10.3. The van der Waals surface area contributed by atoms with Crippen LogP contribution in [0.5, 0.6) is 0 Å². The normalized spacial score (nSPS) is 12.8. The Balaban J connectivity index is 2.19. The predicted molar refractivity (Wildman–Crippen MR) is 84.5 cm³/mol. The molecule has 9 heteroatoms. The average molecular weight is 337 g/mol. The Morgan fingerprint density at radius 3 is 2.65 bits per heavy atom. The summed E-state index contributed by atoms with van der Waals surface area (Å²) in [5.41, 5.74) is 0.658. The summed E-state index contributed by atoms with van der Waals surface area (Å²) in [5, 5.41) is 12.6. The van der Waals surface area contributed by atoms with Gasteiger partial charge < -0.3 is 5.32 Å². The van der Waals surface area contributed by atoms with Gasteiger partial charge in [-0.05, 0) is 35.9 Å². The summed E-state index contributed by atoms with van der Waals surface area (Å²) in [6.07, 6.45) is 0.741. The molecule has 1 aromatic heterocycles. The quantitative estimate of drug-likeness (QED) is 0.788. The lowest BCUT2D eigenvalue weighted by molar-refractivity contribution is -0.120. The van der Waals surface area contributed by atoms with Gasteiger partial charge in [-0.2, -0.15) is 4.68 Å². The molecule has 1 aromatic carbocycles. The summed E-state index contributed by atoms with van der Waals surface area (Å²) >= 11 is 0. The Bertz CT molecular complexity index is 758. The first-order chi connectivity index (χ1) is 11.0. The van der Waals surface area contributed by atoms with Crippen LogP contribution in [-0.4, -0.2) is 46.3 Å². The van der Waals surface area contributed by atoms with Crippen molar-refractivity contribution in [3.63, 3.8) is 0 Å². The SMILES string of the molecule is CCCNC(=O)[C@@H](C)S(=O)(=O)Cc1nnnn1-c1ccccc1. The van der Waals surface area contributed by atoms with E-state index in [2.05, 4.69) is 20.8 Å². The van der Waals surface area contributed by atoms with Gasteiger partial charge in [0.05, 0.1) is 5.69 Å². The Hall–Kier alpha value is -2.29. The smallest absolute Gasteiger partial charge is 0.238 e. The number of hydrogen-bond acceptors (Lipinski definition) is 6. The first-order valence-electron chi connectivity index (χ1n) is 7.27. The summed E-state index contributed by atoms with van der Waals surface area (Å²) < 4.78 is 26.2. The highest BCUT2D eigenvalue weighted by atomic mass is 32.2. The minimum absolute atomic E-state index is 0.173. The summed E-state index contributed by atoms with van der Waals surface area (Å²) in [6.45, 7) is 3.71. The molecule has 8 nitrogen and oxygen atoms in total. The topological polar surface area (TPSA) is 107 Å². The monoisotopic (exact) mass is 337 g/mol. The van der Waals surface area contributed by atoms with E-state index < -0.39 is 26.7 Å². The third-order valence-electron chi connectivity index (χ3n) is 3.32. The molecular formula is C14H19N5O3S. The summed E-state index contributed by atoms with van der Waals surface area (Å²) in [7, 11) is -3.72. The molecule has 1 amide bonds. The molecule has 23 heavy (non-hydrogen) atoms. The zero-order valence-electron chi connectivity index (χ0n) is 13.0. The molecular weight excluding hydrogens is 318 g/mol. The molecule has 124 valence electrons. The van der Waals surface area contributed by atoms with Crippen LogP contribution >= 0.6 is 0 Å². The summed E-state index contributed by atoms with van der Waals surface area (Å²) in [6, 6.07) is 8.98. The fraction of sp³-hybridized carbons (Fsp3) is 0.429. The number of carbonyl (C=O) groups is 1. The second kappa shape index (κ2) is 7.32. The van der Waals surface area contributed by atoms with Crippen LogP contribution in [0.25, 0.3) is 5.69 Å². The van der Waals surface area contributed by atoms with Crippen molar-refractivity contribution in [1.82, 2.24) is 25.5 Å². The van der Waals surface area contributed by atoms with Crippen molar-refractivity contribution < 1.29 is 13.2 Å². The number of benzene rings is 1. The van der Waals surface area contributed by atoms with Crippen molar-refractivity contribution in [2.45, 2.75) is 31.3 Å². The van der Waals surface area contributed by atoms with Crippen molar-refractivity contribution in [1.29, 1.82) is 0 Å². The molecule has 1 atom stereocenters. The molecule has 0 saturated carbocycles. The molecule has 0 unspecified atom stereocenters. The number of aromatic nitrogens is 4. The molecule has 0 radical (unpaired) electrons. The lowest BCUT2D eigenvalue weighted by Gasteiger charge is -2.12. The molecule has 0 fully saturated rings. The second-order valence-corrected chi connectivity index (χ2v) is 7.40. The molecule has 0 aliphatic rings. The van der Waals surface area contributed by atoms with E-state index in [1.54, 1.807) is 24.3 Å². The van der Waals surface area contributed by atoms with E-state index in [0.717, 1.165) is 6.42 Å². The van der Waals surface area contributed by atoms with Gasteiger partial charge in [0.1, 0.15) is 11.0 Å². The van der Waals surface area contributed by atoms with Crippen molar-refractivity contribution in [3.05, 3.63) is 36.2 Å². The van der Waals surface area contributed by atoms with Crippen LogP contribution in [-0.2, 0) is 20.4 Å². The number of hydrogen-bond donors (Lipinski definition) is 1. The molecule has 2 aromatic rings. The van der Waals surface area contributed by atoms with Crippen LogP contribution in [0.1, 0.15) is 26.1 Å². The minimum atomic E-state index is -3.72. The van der Waals surface area contributed by atoms with Gasteiger partial charge >= 0.3 is 0 Å². The van der Waals surface area contributed by atoms with Crippen molar-refractivity contribution >= 4 is 15.7 Å². The van der Waals surface area contributed by atoms with E-state index in [4.69, 9.17) is 0 Å². The zero-order chi connectivity index (χ0) is 16.9. The lowest BCUT2D eigenvalue weighted by Crippen LogP contribution is -2.39. The number of sulfone groups is 1. The number of nitrogens with zero attached hydrogens (tertiary/aromatic N) is 4. The second-order valence-electron chi connectivity index (χ2n) is 5.08. The third kappa shape index (κ3) is 4.13. The molecule has 0 spiro atoms. The van der Waals surface area contributed by atoms with Crippen LogP contribution in [0.2, 0.25) is 0 Å². The Morgan fingerprint density at radius 2 is 2.00 bits per heavy atom. The van der Waals surface area contributed by atoms with E-state index in [1.807, 2.05) is 13.0 Å². The van der Waals surface area contributed by atoms with Crippen LogP contribution in [0, 0.1) is 0 Å². The Kier molecular flexibility index (Phi) is 5.43. The Morgan fingerprint density at radius 1 is 1.30 bits per heavy atom. The molecule has 0 bridgehead atoms. The number of amides is 1. The molecule has 1 N–H and O–H groups in total. The van der Waals surface area contributed by atoms with Crippen molar-refractivity contribution in [2.75, 3.05) is 6.54 Å². The number of tetrazole rings is 1. The number of nitrogens with one attached hydrogen (secondary N) is 1. The maximum Gasteiger partial charge on any atom is 0.238 e. The van der Waals surface area contributed by atoms with Gasteiger partial charge in [0.25, 0.3) is 0 Å². The number of carbonyl (C=O) groups excluding carboxylic acids is 1. The van der Waals surface area contributed by atoms with E-state index in [-0.39, 0.29) is 5.82 Å². The Labute approximate surface area is 134 Å². The maximum atomic E-state index is 12.4. The van der Waals surface area contributed by atoms with E-state index >= 15 is 0 Å². The van der Waals surface area contributed by atoms with Crippen molar-refractivity contribution in [3.8, 4) is 5.69 Å². The van der Waals surface area contributed by atoms with E-state index in [0.29, 0.717) is 12.2 Å². The highest BCUT2D eigenvalue weighted by molar-refractivity contribution is 7.92. The zero-order valence-corrected chi connectivity index (χ0v) is 13.8. The molecule has 0 saturated heterocycles. The van der Waals surface area contributed by atoms with Crippen LogP contribution in [0.15, 0.2) is 30.3 Å². The average Bonchev–Trinajstić information content (AvgIpc) is 3.00. The van der Waals surface area contributed by atoms with Gasteiger partial charge in [-0.1, -0.05) is 25.1 Å². The fourth-order valence-corrected chi connectivity index (χ4v) is 3.12. The highest BCUT2D eigenvalue weighted by Crippen LogP contribution is 2.13. The van der Waals surface area contributed by atoms with Crippen LogP contribution < -0.4 is 5.32 Å². The minimum Gasteiger partial charge on any atom is -0.355 e. The molecule has 0 aliphatic heterocycles. The number of para-hydroxylation sites is 1. The van der Waals surface area contributed by atoms with Gasteiger partial charge in [-0.25, -0.2) is 8.42 Å². The van der Waals surface area contributed by atoms with Gasteiger partial charge in [-0.15, -0.1) is 5.10 Å². The van der Waals surface area contributed by atoms with E-state index in [9.17, 15) is 13.2 Å². The summed E-state index contributed by atoms with van der Waals surface area (Å²) in [5.74, 6) is -0.743. The first kappa shape index (κ1) is 17.1. The van der Waals surface area contributed by atoms with Crippen LogP contribution in [0.4, 0.5) is 0 Å². The number of rotatable bonds is 7. The predicted octanol–water partition coefficient (Wildman–Crippen LogP) is 0.492. The van der Waals surface area contributed by atoms with Gasteiger partial charge in [0.15, 0.2) is 15.7 Å². The maximum absolute atomic E-state index is 12.4. The molecule has 2 rings (SSSR count). The van der Waals surface area contributed by atoms with Gasteiger partial charge in [0, 0.05) is 6.54 Å². The van der Waals surface area contributed by atoms with Crippen LogP contribution in [0.3, 0.4) is 0 Å². The molecule has 0 aliphatic carbocycles. The van der Waals surface area contributed by atoms with E-state index in [1.165, 1.54) is 11.6 Å². The molecule has 1 heterocycles. The third-order valence-corrected chi connectivity index (χ3v) is 5.27. The van der Waals surface area contributed by atoms with Gasteiger partial charge in [-0.3, -0.25) is 4.79 Å². The summed E-state index contributed by atoms with van der Waals surface area (Å²) in [4.78, 5) is 11.9. The highest BCUT2D eigenvalue weighted by Gasteiger charge is 2.30. The standard InChI is InChI=1S/C14H19N5O3S/c1-3-9-15-14(20)11(2)23(21,22)10-13-16-17-18-19(13)12-7-5-4-6-8-12/h4-8,11H,3,9-10H2,1-2H3,(H,15,20)/t11-/m1/s1.